The van der Waals surface area contributed by atoms with Gasteiger partial charge in [0.05, 0.1) is 6.61 Å². The molecule has 3 aromatic rings. The number of fused-ring (bicyclic) bond motifs is 1. The molecule has 3 aromatic carbocycles. The topological polar surface area (TPSA) is 46.5 Å². The Morgan fingerprint density at radius 3 is 2.02 bits per heavy atom. The van der Waals surface area contributed by atoms with Crippen LogP contribution in [0.1, 0.15) is 119 Å². The van der Waals surface area contributed by atoms with Crippen molar-refractivity contribution in [1.82, 2.24) is 0 Å². The molecule has 3 heteroatoms. The maximum atomic E-state index is 11.7. The fourth-order valence-corrected chi connectivity index (χ4v) is 8.25. The maximum absolute atomic E-state index is 11.7. The molecular weight excluding hydrogens is 564 g/mol. The third-order valence-electron chi connectivity index (χ3n) is 11.2. The van der Waals surface area contributed by atoms with Crippen LogP contribution in [-0.2, 0) is 28.8 Å². The summed E-state index contributed by atoms with van der Waals surface area (Å²) in [6.45, 7) is 7.75. The minimum absolute atomic E-state index is 0.0252. The number of unbranched alkanes of at least 4 members (excludes halogenated alkanes) is 2. The van der Waals surface area contributed by atoms with Crippen molar-refractivity contribution in [2.75, 3.05) is 13.2 Å². The van der Waals surface area contributed by atoms with Crippen LogP contribution in [0.3, 0.4) is 0 Å². The molecule has 2 saturated carbocycles. The Kier molecular flexibility index (Phi) is 12.9. The number of aryl methyl sites for hydroxylation is 2. The van der Waals surface area contributed by atoms with E-state index in [0.717, 1.165) is 42.1 Å². The molecule has 1 unspecified atom stereocenters. The Morgan fingerprint density at radius 2 is 1.39 bits per heavy atom. The molecule has 0 bridgehead atoms. The van der Waals surface area contributed by atoms with Gasteiger partial charge in [-0.3, -0.25) is 0 Å². The highest BCUT2D eigenvalue weighted by atomic mass is 16.5. The van der Waals surface area contributed by atoms with E-state index in [1.54, 1.807) is 12.5 Å². The Labute approximate surface area is 278 Å². The number of carbonyl (C=O) groups excluding carboxylic acids is 1. The SMILES string of the molecule is C=C(C)C(=O)OCC(CO)Cc1ccc2cc(CCc3ccc(C4CCC(C5CCC(CCCCC)CC5)CC4)cc3)ccc2c1. The molecule has 0 heterocycles. The van der Waals surface area contributed by atoms with Gasteiger partial charge in [-0.15, -0.1) is 0 Å². The summed E-state index contributed by atoms with van der Waals surface area (Å²) in [6, 6.07) is 22.8. The molecule has 0 amide bonds. The molecule has 2 aliphatic carbocycles. The van der Waals surface area contributed by atoms with Crippen molar-refractivity contribution in [2.45, 2.75) is 116 Å². The second-order valence-corrected chi connectivity index (χ2v) is 14.8. The van der Waals surface area contributed by atoms with Crippen LogP contribution in [0.25, 0.3) is 10.8 Å². The first-order chi connectivity index (χ1) is 22.4. The summed E-state index contributed by atoms with van der Waals surface area (Å²) in [5.41, 5.74) is 5.85. The highest BCUT2D eigenvalue weighted by Crippen LogP contribution is 2.44. The lowest BCUT2D eigenvalue weighted by atomic mass is 9.68. The molecule has 0 aliphatic heterocycles. The van der Waals surface area contributed by atoms with Gasteiger partial charge in [0.15, 0.2) is 0 Å². The molecule has 1 atom stereocenters. The molecule has 1 N–H and O–H groups in total. The van der Waals surface area contributed by atoms with Crippen molar-refractivity contribution in [2.24, 2.45) is 23.7 Å². The van der Waals surface area contributed by atoms with Crippen LogP contribution in [0.15, 0.2) is 72.8 Å². The van der Waals surface area contributed by atoms with E-state index >= 15 is 0 Å². The fraction of sp³-hybridized carbons (Fsp3) is 0.558. The Hall–Kier alpha value is -2.91. The summed E-state index contributed by atoms with van der Waals surface area (Å²) in [4.78, 5) is 11.7. The van der Waals surface area contributed by atoms with E-state index in [4.69, 9.17) is 4.74 Å². The van der Waals surface area contributed by atoms with Gasteiger partial charge < -0.3 is 9.84 Å². The standard InChI is InChI=1S/C43H58O3/c1-4-5-6-7-32-10-16-37(17-11-32)39-22-24-40(25-23-39)38-18-12-33(13-19-38)8-9-34-14-20-42-28-35(15-21-41(42)27-34)26-36(29-44)30-46-43(45)31(2)3/h12-15,18-21,27-28,32,36-37,39-40,44H,2,4-11,16-17,22-26,29-30H2,1,3H3. The zero-order chi connectivity index (χ0) is 32.3. The van der Waals surface area contributed by atoms with Crippen LogP contribution < -0.4 is 0 Å². The van der Waals surface area contributed by atoms with Crippen LogP contribution >= 0.6 is 0 Å². The van der Waals surface area contributed by atoms with Gasteiger partial charge in [-0.2, -0.15) is 0 Å². The lowest BCUT2D eigenvalue weighted by molar-refractivity contribution is -0.140. The number of aliphatic hydroxyl groups is 1. The van der Waals surface area contributed by atoms with Crippen LogP contribution in [0.5, 0.6) is 0 Å². The average Bonchev–Trinajstić information content (AvgIpc) is 3.09. The Balaban J connectivity index is 1.06. The van der Waals surface area contributed by atoms with Crippen molar-refractivity contribution in [3.63, 3.8) is 0 Å². The number of benzene rings is 3. The molecule has 0 spiro atoms. The number of esters is 1. The molecule has 5 rings (SSSR count). The summed E-state index contributed by atoms with van der Waals surface area (Å²) in [7, 11) is 0. The first-order valence-electron chi connectivity index (χ1n) is 18.5. The molecule has 0 radical (unpaired) electrons. The van der Waals surface area contributed by atoms with Gasteiger partial charge in [0, 0.05) is 18.1 Å². The lowest BCUT2D eigenvalue weighted by Crippen LogP contribution is -2.25. The molecular formula is C43H58O3. The highest BCUT2D eigenvalue weighted by molar-refractivity contribution is 5.87. The van der Waals surface area contributed by atoms with Gasteiger partial charge in [0.1, 0.15) is 0 Å². The summed E-state index contributed by atoms with van der Waals surface area (Å²) in [5, 5.41) is 12.2. The largest absolute Gasteiger partial charge is 0.462 e. The van der Waals surface area contributed by atoms with Crippen molar-refractivity contribution in [1.29, 1.82) is 0 Å². The van der Waals surface area contributed by atoms with Crippen molar-refractivity contribution in [3.8, 4) is 0 Å². The zero-order valence-electron chi connectivity index (χ0n) is 28.7. The van der Waals surface area contributed by atoms with E-state index in [0.29, 0.717) is 12.0 Å². The van der Waals surface area contributed by atoms with Crippen molar-refractivity contribution < 1.29 is 14.6 Å². The van der Waals surface area contributed by atoms with E-state index in [-0.39, 0.29) is 19.1 Å². The van der Waals surface area contributed by atoms with Gasteiger partial charge in [0.25, 0.3) is 0 Å². The van der Waals surface area contributed by atoms with E-state index in [2.05, 4.69) is 74.2 Å². The highest BCUT2D eigenvalue weighted by Gasteiger charge is 2.31. The molecule has 3 nitrogen and oxygen atoms in total. The smallest absolute Gasteiger partial charge is 0.333 e. The first-order valence-corrected chi connectivity index (χ1v) is 18.5. The van der Waals surface area contributed by atoms with E-state index in [1.807, 2.05) is 0 Å². The molecule has 248 valence electrons. The zero-order valence-corrected chi connectivity index (χ0v) is 28.7. The third-order valence-corrected chi connectivity index (χ3v) is 11.2. The normalized spacial score (nSPS) is 22.4. The molecule has 2 fully saturated rings. The predicted octanol–water partition coefficient (Wildman–Crippen LogP) is 10.6. The van der Waals surface area contributed by atoms with Crippen molar-refractivity contribution >= 4 is 16.7 Å². The number of carbonyl (C=O) groups is 1. The molecule has 0 saturated heterocycles. The monoisotopic (exact) mass is 622 g/mol. The first kappa shape index (κ1) is 34.4. The quantitative estimate of drug-likeness (QED) is 0.104. The second kappa shape index (κ2) is 17.3. The Morgan fingerprint density at radius 1 is 0.804 bits per heavy atom. The minimum Gasteiger partial charge on any atom is -0.462 e. The lowest BCUT2D eigenvalue weighted by Gasteiger charge is -2.38. The van der Waals surface area contributed by atoms with Crippen LogP contribution in [0.2, 0.25) is 0 Å². The van der Waals surface area contributed by atoms with Crippen LogP contribution in [-0.4, -0.2) is 24.3 Å². The number of ether oxygens (including phenoxy) is 1. The van der Waals surface area contributed by atoms with Gasteiger partial charge in [-0.25, -0.2) is 4.79 Å². The summed E-state index contributed by atoms with van der Waals surface area (Å²) in [5.74, 6) is 3.23. The number of hydrogen-bond acceptors (Lipinski definition) is 3. The van der Waals surface area contributed by atoms with Crippen LogP contribution in [0.4, 0.5) is 0 Å². The number of aliphatic hydroxyl groups excluding tert-OH is 1. The fourth-order valence-electron chi connectivity index (χ4n) is 8.25. The van der Waals surface area contributed by atoms with Gasteiger partial charge in [-0.1, -0.05) is 113 Å². The molecule has 2 aliphatic rings. The minimum atomic E-state index is -0.404. The summed E-state index contributed by atoms with van der Waals surface area (Å²) in [6.07, 6.45) is 20.1. The summed E-state index contributed by atoms with van der Waals surface area (Å²) < 4.78 is 5.27. The maximum Gasteiger partial charge on any atom is 0.333 e. The third kappa shape index (κ3) is 9.80. The molecule has 0 aromatic heterocycles. The molecule has 46 heavy (non-hydrogen) atoms. The van der Waals surface area contributed by atoms with E-state index in [9.17, 15) is 9.90 Å². The number of hydrogen-bond donors (Lipinski definition) is 1. The van der Waals surface area contributed by atoms with Crippen LogP contribution in [0, 0.1) is 23.7 Å². The van der Waals surface area contributed by atoms with Gasteiger partial charge >= 0.3 is 5.97 Å². The summed E-state index contributed by atoms with van der Waals surface area (Å²) >= 11 is 0. The Bertz CT molecular complexity index is 1390. The van der Waals surface area contributed by atoms with E-state index in [1.165, 1.54) is 98.9 Å². The predicted molar refractivity (Wildman–Crippen MR) is 192 cm³/mol. The average molecular weight is 623 g/mol. The van der Waals surface area contributed by atoms with Gasteiger partial charge in [-0.05, 0) is 121 Å². The van der Waals surface area contributed by atoms with Crippen molar-refractivity contribution in [3.05, 3.63) is 95.1 Å². The number of rotatable bonds is 15. The van der Waals surface area contributed by atoms with E-state index < -0.39 is 5.97 Å². The van der Waals surface area contributed by atoms with Gasteiger partial charge in [0.2, 0.25) is 0 Å². The second-order valence-electron chi connectivity index (χ2n) is 14.8.